The van der Waals surface area contributed by atoms with Crippen LogP contribution in [0.3, 0.4) is 0 Å². The molecule has 2 aliphatic carbocycles. The molecule has 0 N–H and O–H groups in total. The van der Waals surface area contributed by atoms with Crippen LogP contribution >= 0.6 is 0 Å². The van der Waals surface area contributed by atoms with E-state index in [4.69, 9.17) is 4.74 Å². The first-order chi connectivity index (χ1) is 8.90. The minimum Gasteiger partial charge on any atom is -0.377 e. The summed E-state index contributed by atoms with van der Waals surface area (Å²) in [5, 5.41) is 0. The normalized spacial score (nSPS) is 34.2. The van der Waals surface area contributed by atoms with Crippen LogP contribution in [0.1, 0.15) is 25.7 Å². The summed E-state index contributed by atoms with van der Waals surface area (Å²) in [5.41, 5.74) is 0. The van der Waals surface area contributed by atoms with E-state index < -0.39 is 0 Å². The molecule has 18 heavy (non-hydrogen) atoms. The highest BCUT2D eigenvalue weighted by Gasteiger charge is 2.46. The number of aromatic nitrogens is 2. The molecule has 3 aliphatic rings. The average Bonchev–Trinajstić information content (AvgIpc) is 3.04. The van der Waals surface area contributed by atoms with Gasteiger partial charge in [-0.2, -0.15) is 0 Å². The highest BCUT2D eigenvalue weighted by atomic mass is 16.5. The molecule has 3 atom stereocenters. The Hall–Kier alpha value is -1.16. The number of hydrogen-bond donors (Lipinski definition) is 0. The van der Waals surface area contributed by atoms with Crippen LogP contribution in [0.15, 0.2) is 18.5 Å². The molecule has 3 unspecified atom stereocenters. The van der Waals surface area contributed by atoms with Gasteiger partial charge in [0.05, 0.1) is 6.10 Å². The van der Waals surface area contributed by atoms with E-state index in [2.05, 4.69) is 14.9 Å². The van der Waals surface area contributed by atoms with Gasteiger partial charge >= 0.3 is 0 Å². The summed E-state index contributed by atoms with van der Waals surface area (Å²) in [6, 6.07) is 2.47. The summed E-state index contributed by atoms with van der Waals surface area (Å²) in [6.45, 7) is 2.07. The zero-order chi connectivity index (χ0) is 11.9. The molecule has 96 valence electrons. The van der Waals surface area contributed by atoms with E-state index in [1.807, 2.05) is 18.5 Å². The molecule has 2 bridgehead atoms. The highest BCUT2D eigenvalue weighted by molar-refractivity contribution is 5.35. The molecule has 0 radical (unpaired) electrons. The van der Waals surface area contributed by atoms with Gasteiger partial charge < -0.3 is 9.64 Å². The molecule has 4 rings (SSSR count). The van der Waals surface area contributed by atoms with Crippen LogP contribution in [0, 0.1) is 11.8 Å². The number of piperidine rings is 1. The predicted octanol–water partition coefficient (Wildman–Crippen LogP) is 1.87. The topological polar surface area (TPSA) is 38.2 Å². The van der Waals surface area contributed by atoms with Crippen molar-refractivity contribution in [2.75, 3.05) is 18.1 Å². The summed E-state index contributed by atoms with van der Waals surface area (Å²) in [4.78, 5) is 11.1. The number of anilines is 1. The monoisotopic (exact) mass is 245 g/mol. The Morgan fingerprint density at radius 1 is 1.22 bits per heavy atom. The standard InChI is InChI=1S/C14H19N3O/c1-4-15-14(16-5-1)17-8-11-6-12(17)7-13(11)18-9-10-2-3-10/h1,4-5,10-13H,2-3,6-9H2. The fraction of sp³-hybridized carbons (Fsp3) is 0.714. The molecular formula is C14H19N3O. The van der Waals surface area contributed by atoms with Gasteiger partial charge in [0.1, 0.15) is 0 Å². The maximum absolute atomic E-state index is 6.08. The first-order valence-electron chi connectivity index (χ1n) is 7.05. The van der Waals surface area contributed by atoms with Crippen LogP contribution in [0.4, 0.5) is 5.95 Å². The van der Waals surface area contributed by atoms with Gasteiger partial charge in [-0.1, -0.05) is 0 Å². The summed E-state index contributed by atoms with van der Waals surface area (Å²) in [7, 11) is 0. The van der Waals surface area contributed by atoms with Gasteiger partial charge in [0, 0.05) is 37.5 Å². The van der Waals surface area contributed by atoms with Gasteiger partial charge in [-0.3, -0.25) is 0 Å². The fourth-order valence-corrected chi connectivity index (χ4v) is 3.34. The van der Waals surface area contributed by atoms with Crippen molar-refractivity contribution >= 4 is 5.95 Å². The number of nitrogens with zero attached hydrogens (tertiary/aromatic N) is 3. The van der Waals surface area contributed by atoms with Crippen LogP contribution in [0.2, 0.25) is 0 Å². The van der Waals surface area contributed by atoms with Crippen molar-refractivity contribution in [2.45, 2.75) is 37.8 Å². The van der Waals surface area contributed by atoms with Gasteiger partial charge in [0.25, 0.3) is 0 Å². The second kappa shape index (κ2) is 4.19. The Labute approximate surface area is 107 Å². The average molecular weight is 245 g/mol. The molecule has 0 amide bonds. The molecule has 1 aliphatic heterocycles. The molecule has 2 saturated carbocycles. The fourth-order valence-electron chi connectivity index (χ4n) is 3.34. The van der Waals surface area contributed by atoms with Gasteiger partial charge in [0.15, 0.2) is 0 Å². The molecule has 0 aromatic carbocycles. The summed E-state index contributed by atoms with van der Waals surface area (Å²) < 4.78 is 6.08. The van der Waals surface area contributed by atoms with Crippen molar-refractivity contribution < 1.29 is 4.74 Å². The molecule has 4 heteroatoms. The smallest absolute Gasteiger partial charge is 0.225 e. The third-order valence-electron chi connectivity index (χ3n) is 4.53. The minimum atomic E-state index is 0.496. The molecule has 1 aromatic heterocycles. The Balaban J connectivity index is 1.39. The van der Waals surface area contributed by atoms with E-state index in [-0.39, 0.29) is 0 Å². The van der Waals surface area contributed by atoms with E-state index >= 15 is 0 Å². The lowest BCUT2D eigenvalue weighted by Crippen LogP contribution is -2.39. The van der Waals surface area contributed by atoms with Crippen LogP contribution in [0.5, 0.6) is 0 Å². The molecule has 1 saturated heterocycles. The lowest BCUT2D eigenvalue weighted by molar-refractivity contribution is 0.0180. The lowest BCUT2D eigenvalue weighted by atomic mass is 10.1. The first kappa shape index (κ1) is 10.7. The van der Waals surface area contributed by atoms with Crippen molar-refractivity contribution in [3.05, 3.63) is 18.5 Å². The van der Waals surface area contributed by atoms with Gasteiger partial charge in [-0.15, -0.1) is 0 Å². The largest absolute Gasteiger partial charge is 0.377 e. The van der Waals surface area contributed by atoms with E-state index in [0.29, 0.717) is 18.1 Å². The lowest BCUT2D eigenvalue weighted by Gasteiger charge is -2.31. The van der Waals surface area contributed by atoms with E-state index in [9.17, 15) is 0 Å². The second-order valence-electron chi connectivity index (χ2n) is 5.90. The molecule has 0 spiro atoms. The van der Waals surface area contributed by atoms with E-state index in [1.165, 1.54) is 19.3 Å². The Morgan fingerprint density at radius 3 is 2.72 bits per heavy atom. The van der Waals surface area contributed by atoms with Crippen molar-refractivity contribution in [1.82, 2.24) is 9.97 Å². The van der Waals surface area contributed by atoms with E-state index in [0.717, 1.165) is 31.4 Å². The number of hydrogen-bond acceptors (Lipinski definition) is 4. The highest BCUT2D eigenvalue weighted by Crippen LogP contribution is 2.41. The quantitative estimate of drug-likeness (QED) is 0.811. The Bertz CT molecular complexity index is 420. The first-order valence-corrected chi connectivity index (χ1v) is 7.05. The maximum atomic E-state index is 6.08. The summed E-state index contributed by atoms with van der Waals surface area (Å²) in [5.74, 6) is 2.46. The van der Waals surface area contributed by atoms with Crippen LogP contribution < -0.4 is 4.90 Å². The predicted molar refractivity (Wildman–Crippen MR) is 68.4 cm³/mol. The zero-order valence-electron chi connectivity index (χ0n) is 10.5. The summed E-state index contributed by atoms with van der Waals surface area (Å²) in [6.07, 6.45) is 9.33. The van der Waals surface area contributed by atoms with E-state index in [1.54, 1.807) is 0 Å². The van der Waals surface area contributed by atoms with Gasteiger partial charge in [-0.25, -0.2) is 9.97 Å². The van der Waals surface area contributed by atoms with Gasteiger partial charge in [-0.05, 0) is 37.7 Å². The minimum absolute atomic E-state index is 0.496. The van der Waals surface area contributed by atoms with Crippen molar-refractivity contribution in [1.29, 1.82) is 0 Å². The maximum Gasteiger partial charge on any atom is 0.225 e. The summed E-state index contributed by atoms with van der Waals surface area (Å²) >= 11 is 0. The van der Waals surface area contributed by atoms with Crippen molar-refractivity contribution in [2.24, 2.45) is 11.8 Å². The molecule has 1 aromatic rings. The van der Waals surface area contributed by atoms with Crippen LogP contribution in [-0.4, -0.2) is 35.3 Å². The molecule has 3 fully saturated rings. The van der Waals surface area contributed by atoms with Crippen LogP contribution in [-0.2, 0) is 4.74 Å². The number of ether oxygens (including phenoxy) is 1. The zero-order valence-corrected chi connectivity index (χ0v) is 10.5. The Kier molecular flexibility index (Phi) is 2.50. The second-order valence-corrected chi connectivity index (χ2v) is 5.90. The molecular weight excluding hydrogens is 226 g/mol. The van der Waals surface area contributed by atoms with Crippen molar-refractivity contribution in [3.63, 3.8) is 0 Å². The third-order valence-corrected chi connectivity index (χ3v) is 4.53. The van der Waals surface area contributed by atoms with Crippen molar-refractivity contribution in [3.8, 4) is 0 Å². The molecule has 2 heterocycles. The number of fused-ring (bicyclic) bond motifs is 2. The van der Waals surface area contributed by atoms with Gasteiger partial charge in [0.2, 0.25) is 5.95 Å². The van der Waals surface area contributed by atoms with Crippen LogP contribution in [0.25, 0.3) is 0 Å². The SMILES string of the molecule is c1cnc(N2CC3CC2CC3OCC2CC2)nc1. The molecule has 4 nitrogen and oxygen atoms in total. The number of rotatable bonds is 4. The Morgan fingerprint density at radius 2 is 2.06 bits per heavy atom. The third kappa shape index (κ3) is 1.88.